The summed E-state index contributed by atoms with van der Waals surface area (Å²) in [5.41, 5.74) is 5.07. The summed E-state index contributed by atoms with van der Waals surface area (Å²) in [4.78, 5) is 62.5. The van der Waals surface area contributed by atoms with Crippen LogP contribution < -0.4 is 26.6 Å². The monoisotopic (exact) mass is 1870 g/mol. The Hall–Kier alpha value is -15.1. The van der Waals surface area contributed by atoms with Crippen LogP contribution in [-0.4, -0.2) is 162 Å². The highest BCUT2D eigenvalue weighted by Crippen LogP contribution is 2.63. The van der Waals surface area contributed by atoms with Crippen molar-refractivity contribution in [3.8, 4) is 56.6 Å². The number of amides is 5. The number of aliphatic hydroxyl groups excluding tert-OH is 5. The minimum absolute atomic E-state index is 0.00325. The summed E-state index contributed by atoms with van der Waals surface area (Å²) < 4.78 is 68.5. The van der Waals surface area contributed by atoms with Crippen molar-refractivity contribution >= 4 is 29.5 Å². The molecule has 0 spiro atoms. The second-order valence-electron chi connectivity index (χ2n) is 35.8. The van der Waals surface area contributed by atoms with E-state index >= 15 is 0 Å². The Labute approximate surface area is 779 Å². The molecule has 10 heterocycles. The van der Waals surface area contributed by atoms with Crippen LogP contribution in [0.1, 0.15) is 264 Å². The average molecular weight is 1870 g/mol. The summed E-state index contributed by atoms with van der Waals surface area (Å²) in [7, 11) is 0. The van der Waals surface area contributed by atoms with Gasteiger partial charge in [-0.2, -0.15) is 0 Å². The molecule has 23 rings (SSSR count). The lowest BCUT2D eigenvalue weighted by Gasteiger charge is -2.62. The van der Waals surface area contributed by atoms with E-state index in [2.05, 4.69) is 103 Å². The van der Waals surface area contributed by atoms with Gasteiger partial charge in [-0.1, -0.05) is 191 Å². The fourth-order valence-electron chi connectivity index (χ4n) is 18.4. The largest absolute Gasteiger partial charge is 0.422 e. The minimum atomic E-state index is -1.88. The van der Waals surface area contributed by atoms with Gasteiger partial charge in [0.2, 0.25) is 58.9 Å². The second kappa shape index (κ2) is 40.2. The number of nitrogens with zero attached hydrogens (tertiary/aromatic N) is 15. The predicted octanol–water partition coefficient (Wildman–Crippen LogP) is 13.4. The SMILES string of the molecule is C[C@@H](O)c1nnc(C2C3CC2C3NC(=O)c2cc(-c3ccccc3)on2)o1.C[C@@H](O)c1nnc(C2CC(F)(NC(=O)c3cc(-c4ccccc4)on3)C2)o1.C[C@@H](O)c1nnc([C@@H]2C[C@@H](NC(=O)c3cc(-c4ccccc4)on3)C2(C)C)o1.O=C(NC1C2CCC1CC(c1nnc(CO)o1)C2)c1cc(-c2ccccc2)on1.O=C(NC1CCC(c2nnc(CO)o2)C1)c1cc(-c2ccccc2)on1. The average Bonchev–Trinajstić information content (AvgIpc) is 1.65. The molecular weight excluding hydrogens is 1770 g/mol. The van der Waals surface area contributed by atoms with E-state index < -0.39 is 30.0 Å². The highest BCUT2D eigenvalue weighted by atomic mass is 19.1. The summed E-state index contributed by atoms with van der Waals surface area (Å²) >= 11 is 0. The van der Waals surface area contributed by atoms with Crippen LogP contribution in [0.2, 0.25) is 0 Å². The van der Waals surface area contributed by atoms with Gasteiger partial charge in [-0.3, -0.25) is 24.0 Å². The first kappa shape index (κ1) is 92.4. The molecule has 5 aromatic carbocycles. The third-order valence-corrected chi connectivity index (χ3v) is 26.2. The molecule has 4 bridgehead atoms. The molecule has 0 radical (unpaired) electrons. The molecule has 8 aliphatic rings. The van der Waals surface area contributed by atoms with Crippen molar-refractivity contribution in [3.63, 3.8) is 0 Å². The lowest BCUT2D eigenvalue weighted by molar-refractivity contribution is -0.0843. The van der Waals surface area contributed by atoms with Gasteiger partial charge in [0, 0.05) is 125 Å². The zero-order valence-corrected chi connectivity index (χ0v) is 74.7. The van der Waals surface area contributed by atoms with Crippen LogP contribution in [0.3, 0.4) is 0 Å². The van der Waals surface area contributed by atoms with Crippen LogP contribution in [0.5, 0.6) is 0 Å². The van der Waals surface area contributed by atoms with Gasteiger partial charge < -0.3 is 96.8 Å². The molecule has 10 N–H and O–H groups in total. The second-order valence-corrected chi connectivity index (χ2v) is 35.8. The number of carbonyl (C=O) groups is 5. The fourth-order valence-corrected chi connectivity index (χ4v) is 18.4. The molecule has 10 aromatic heterocycles. The third-order valence-electron chi connectivity index (χ3n) is 26.2. The minimum Gasteiger partial charge on any atom is -0.422 e. The number of rotatable bonds is 25. The van der Waals surface area contributed by atoms with Crippen molar-refractivity contribution in [1.29, 1.82) is 0 Å². The number of aromatic nitrogens is 15. The van der Waals surface area contributed by atoms with Crippen molar-refractivity contribution in [2.24, 2.45) is 29.1 Å². The van der Waals surface area contributed by atoms with Crippen LogP contribution in [0.25, 0.3) is 56.6 Å². The van der Waals surface area contributed by atoms with Gasteiger partial charge in [0.05, 0.1) is 0 Å². The lowest BCUT2D eigenvalue weighted by atomic mass is 9.44. The molecule has 8 fully saturated rings. The van der Waals surface area contributed by atoms with Crippen molar-refractivity contribution in [1.82, 2.24) is 103 Å². The number of fused-ring (bicyclic) bond motifs is 2. The summed E-state index contributed by atoms with van der Waals surface area (Å²) in [6.45, 7) is 8.23. The van der Waals surface area contributed by atoms with E-state index in [4.69, 9.17) is 54.9 Å². The first-order chi connectivity index (χ1) is 66.3. The van der Waals surface area contributed by atoms with Crippen molar-refractivity contribution in [2.75, 3.05) is 0 Å². The van der Waals surface area contributed by atoms with E-state index in [1.54, 1.807) is 38.1 Å². The van der Waals surface area contributed by atoms with Crippen LogP contribution >= 0.6 is 0 Å². The number of aliphatic hydroxyl groups is 5. The molecule has 11 atom stereocenters. The molecule has 15 aromatic rings. The molecule has 708 valence electrons. The summed E-state index contributed by atoms with van der Waals surface area (Å²) in [6.07, 6.45) is 5.54. The zero-order valence-electron chi connectivity index (χ0n) is 74.7. The van der Waals surface area contributed by atoms with Crippen LogP contribution in [0.15, 0.2) is 227 Å². The van der Waals surface area contributed by atoms with E-state index in [1.165, 1.54) is 13.0 Å². The Morgan fingerprint density at radius 1 is 0.380 bits per heavy atom. The number of carbonyl (C=O) groups excluding carboxylic acids is 5. The molecule has 8 aliphatic carbocycles. The van der Waals surface area contributed by atoms with Gasteiger partial charge >= 0.3 is 0 Å². The summed E-state index contributed by atoms with van der Waals surface area (Å²) in [6, 6.07) is 55.6. The van der Waals surface area contributed by atoms with Crippen molar-refractivity contribution < 1.29 is 98.6 Å². The number of halogens is 1. The molecule has 41 heteroatoms. The molecule has 137 heavy (non-hydrogen) atoms. The van der Waals surface area contributed by atoms with Gasteiger partial charge in [0.1, 0.15) is 31.5 Å². The van der Waals surface area contributed by atoms with Crippen LogP contribution in [0, 0.1) is 29.1 Å². The Balaban J connectivity index is 0.000000114. The van der Waals surface area contributed by atoms with Crippen LogP contribution in [0.4, 0.5) is 4.39 Å². The van der Waals surface area contributed by atoms with E-state index in [-0.39, 0.29) is 179 Å². The quantitative estimate of drug-likeness (QED) is 0.0238. The lowest BCUT2D eigenvalue weighted by Crippen LogP contribution is -2.68. The van der Waals surface area contributed by atoms with Crippen LogP contribution in [-0.2, 0) is 13.2 Å². The first-order valence-corrected chi connectivity index (χ1v) is 45.1. The van der Waals surface area contributed by atoms with Gasteiger partial charge in [0.15, 0.2) is 63.1 Å². The highest BCUT2D eigenvalue weighted by Gasteiger charge is 2.64. The van der Waals surface area contributed by atoms with Crippen molar-refractivity contribution in [2.45, 2.75) is 196 Å². The normalized spacial score (nSPS) is 23.4. The smallest absolute Gasteiger partial charge is 0.275 e. The Morgan fingerprint density at radius 2 is 0.730 bits per heavy atom. The fraction of sp³-hybridized carbons (Fsp3) is 0.375. The van der Waals surface area contributed by atoms with E-state index in [0.29, 0.717) is 82.7 Å². The molecule has 6 unspecified atom stereocenters. The topological polar surface area (TPSA) is 571 Å². The summed E-state index contributed by atoms with van der Waals surface area (Å²) in [5, 5.41) is 119. The maximum Gasteiger partial charge on any atom is 0.275 e. The molecule has 40 nitrogen and oxygen atoms in total. The maximum absolute atomic E-state index is 14.7. The van der Waals surface area contributed by atoms with E-state index in [9.17, 15) is 43.7 Å². The molecule has 0 saturated heterocycles. The first-order valence-electron chi connectivity index (χ1n) is 45.1. The van der Waals surface area contributed by atoms with Gasteiger partial charge in [-0.15, -0.1) is 51.0 Å². The third kappa shape index (κ3) is 20.6. The number of hydrogen-bond donors (Lipinski definition) is 10. The maximum atomic E-state index is 14.7. The Morgan fingerprint density at radius 3 is 1.12 bits per heavy atom. The van der Waals surface area contributed by atoms with E-state index in [0.717, 1.165) is 72.8 Å². The molecular formula is C96H97FN20O20. The molecule has 8 saturated carbocycles. The predicted molar refractivity (Wildman–Crippen MR) is 473 cm³/mol. The highest BCUT2D eigenvalue weighted by molar-refractivity contribution is 5.96. The Bertz CT molecular complexity index is 6600. The van der Waals surface area contributed by atoms with Crippen molar-refractivity contribution in [3.05, 3.63) is 269 Å². The Kier molecular flexibility index (Phi) is 27.1. The molecule has 5 amide bonds. The number of alkyl halides is 1. The number of nitrogens with one attached hydrogen (secondary N) is 5. The summed E-state index contributed by atoms with van der Waals surface area (Å²) in [5.74, 6) is 3.96. The number of hydrogen-bond acceptors (Lipinski definition) is 35. The van der Waals surface area contributed by atoms with Gasteiger partial charge in [-0.25, -0.2) is 4.39 Å². The van der Waals surface area contributed by atoms with Gasteiger partial charge in [-0.05, 0) is 108 Å². The standard InChI is InChI=1S/C21H22N4O4.C20H22N4O4.C19H18N4O4.C18H17FN4O4.C18H18N4O4/c26-11-18-23-24-21(28-18)15-8-13-6-7-14(9-15)19(13)22-20(27)16-10-17(29-25-16)12-4-2-1-3-5-12;1-11(25)18-22-23-19(27-18)13-9-16(20(13,2)3)21-17(26)14-10-15(28-24-14)12-7-5-4-6-8-12;1-9(24)18-21-22-19(26-18)15-11-7-12(15)16(11)20-17(25)13-8-14(27-23-13)10-5-3-2-4-6-10;1-10(24)16-21-22-17(26-16)12-8-18(19,9-12)20-15(25)13-7-14(27-23-13)11-5-3-2-4-6-11;23-10-16-20-21-18(25-16)12-6-7-13(8-12)19-17(24)14-9-15(26-22-14)11-4-2-1-3-5-11/h1-5,10,13-15,19,26H,6-9,11H2,(H,22,27);4-8,10-11,13,16,25H,9H2,1-3H3,(H,21,26);2-6,8-9,11-12,15-16,24H,7H2,1H3,(H,20,25);2-7,10,12,24H,8-9H2,1H3,(H,20,25);1-5,9,12-13,23H,6-8,10H2,(H,19,24)/t;11-,13+,16-;9-,11?,12?,15?,16?;10-,12?,18?;/m.111./s1. The van der Waals surface area contributed by atoms with Gasteiger partial charge in [0.25, 0.3) is 29.5 Å². The number of benzene rings is 5. The van der Waals surface area contributed by atoms with E-state index in [1.807, 2.05) is 166 Å². The zero-order chi connectivity index (χ0) is 95.2. The molecule has 0 aliphatic heterocycles.